The average Bonchev–Trinajstić information content (AvgIpc) is 2.47. The van der Waals surface area contributed by atoms with E-state index < -0.39 is 10.2 Å². The van der Waals surface area contributed by atoms with Gasteiger partial charge in [-0.2, -0.15) is 12.7 Å². The first-order valence-corrected chi connectivity index (χ1v) is 8.91. The number of rotatable bonds is 5. The summed E-state index contributed by atoms with van der Waals surface area (Å²) in [5.41, 5.74) is 1.74. The fourth-order valence-electron chi connectivity index (χ4n) is 2.58. The maximum atomic E-state index is 12.4. The summed E-state index contributed by atoms with van der Waals surface area (Å²) in [7, 11) is -1.54. The van der Waals surface area contributed by atoms with E-state index in [2.05, 4.69) is 23.9 Å². The summed E-state index contributed by atoms with van der Waals surface area (Å²) < 4.78 is 29.0. The fraction of sp³-hybridized carbons (Fsp3) is 0.600. The molecule has 1 aliphatic heterocycles. The maximum Gasteiger partial charge on any atom is 0.301 e. The van der Waals surface area contributed by atoms with Crippen LogP contribution in [-0.4, -0.2) is 32.9 Å². The van der Waals surface area contributed by atoms with Crippen molar-refractivity contribution in [3.05, 3.63) is 29.8 Å². The summed E-state index contributed by atoms with van der Waals surface area (Å²) in [5.74, 6) is 0.425. The molecule has 2 unspecified atom stereocenters. The molecule has 0 saturated carbocycles. The molecule has 2 rings (SSSR count). The first-order valence-electron chi connectivity index (χ1n) is 7.47. The van der Waals surface area contributed by atoms with Gasteiger partial charge in [0, 0.05) is 24.8 Å². The van der Waals surface area contributed by atoms with Gasteiger partial charge in [-0.15, -0.1) is 0 Å². The van der Waals surface area contributed by atoms with E-state index >= 15 is 0 Å². The van der Waals surface area contributed by atoms with Crippen LogP contribution < -0.4 is 10.0 Å². The number of nitrogens with one attached hydrogen (secondary N) is 2. The molecule has 0 spiro atoms. The van der Waals surface area contributed by atoms with Crippen molar-refractivity contribution in [3.8, 4) is 0 Å². The zero-order chi connectivity index (χ0) is 15.5. The van der Waals surface area contributed by atoms with Crippen LogP contribution in [0.15, 0.2) is 24.3 Å². The van der Waals surface area contributed by atoms with Gasteiger partial charge in [0.25, 0.3) is 0 Å². The van der Waals surface area contributed by atoms with E-state index in [1.54, 1.807) is 4.31 Å². The van der Waals surface area contributed by atoms with E-state index in [1.165, 1.54) is 0 Å². The highest BCUT2D eigenvalue weighted by Crippen LogP contribution is 2.21. The van der Waals surface area contributed by atoms with Crippen molar-refractivity contribution >= 4 is 15.9 Å². The SMILES string of the molecule is CNC(C)c1ccc(NS(=O)(=O)N2CCCC(C)C2)cc1. The monoisotopic (exact) mass is 311 g/mol. The van der Waals surface area contributed by atoms with Gasteiger partial charge >= 0.3 is 10.2 Å². The third-order valence-electron chi connectivity index (χ3n) is 4.05. The molecule has 2 atom stereocenters. The summed E-state index contributed by atoms with van der Waals surface area (Å²) in [4.78, 5) is 0. The van der Waals surface area contributed by atoms with Gasteiger partial charge in [0.1, 0.15) is 0 Å². The Labute approximate surface area is 127 Å². The molecule has 1 saturated heterocycles. The Morgan fingerprint density at radius 3 is 2.52 bits per heavy atom. The van der Waals surface area contributed by atoms with Crippen molar-refractivity contribution in [1.82, 2.24) is 9.62 Å². The van der Waals surface area contributed by atoms with Crippen LogP contribution in [0.5, 0.6) is 0 Å². The van der Waals surface area contributed by atoms with Crippen molar-refractivity contribution in [2.45, 2.75) is 32.7 Å². The molecule has 0 amide bonds. The van der Waals surface area contributed by atoms with Gasteiger partial charge in [0.2, 0.25) is 0 Å². The second-order valence-electron chi connectivity index (χ2n) is 5.84. The standard InChI is InChI=1S/C15H25N3O2S/c1-12-5-4-10-18(11-12)21(19,20)17-15-8-6-14(7-9-15)13(2)16-3/h6-9,12-13,16-17H,4-5,10-11H2,1-3H3. The molecule has 1 fully saturated rings. The van der Waals surface area contributed by atoms with Crippen LogP contribution >= 0.6 is 0 Å². The molecule has 21 heavy (non-hydrogen) atoms. The molecule has 6 heteroatoms. The Balaban J connectivity index is 2.06. The largest absolute Gasteiger partial charge is 0.313 e. The minimum atomic E-state index is -3.44. The topological polar surface area (TPSA) is 61.4 Å². The molecule has 0 bridgehead atoms. The van der Waals surface area contributed by atoms with Crippen LogP contribution in [0.2, 0.25) is 0 Å². The highest BCUT2D eigenvalue weighted by atomic mass is 32.2. The molecule has 1 aromatic rings. The molecular formula is C15H25N3O2S. The van der Waals surface area contributed by atoms with Crippen LogP contribution in [0.25, 0.3) is 0 Å². The zero-order valence-corrected chi connectivity index (χ0v) is 13.8. The first kappa shape index (κ1) is 16.3. The predicted octanol–water partition coefficient (Wildman–Crippen LogP) is 2.36. The Kier molecular flexibility index (Phi) is 5.24. The smallest absolute Gasteiger partial charge is 0.301 e. The van der Waals surface area contributed by atoms with Gasteiger partial charge in [-0.1, -0.05) is 19.1 Å². The highest BCUT2D eigenvalue weighted by Gasteiger charge is 2.26. The third kappa shape index (κ3) is 4.18. The first-order chi connectivity index (χ1) is 9.92. The highest BCUT2D eigenvalue weighted by molar-refractivity contribution is 7.90. The van der Waals surface area contributed by atoms with E-state index in [0.29, 0.717) is 24.7 Å². The van der Waals surface area contributed by atoms with Gasteiger partial charge in [0.15, 0.2) is 0 Å². The molecule has 0 aromatic heterocycles. The summed E-state index contributed by atoms with van der Waals surface area (Å²) >= 11 is 0. The Morgan fingerprint density at radius 1 is 1.29 bits per heavy atom. The molecule has 5 nitrogen and oxygen atoms in total. The van der Waals surface area contributed by atoms with Crippen LogP contribution in [0.4, 0.5) is 5.69 Å². The molecule has 1 aliphatic rings. The number of hydrogen-bond acceptors (Lipinski definition) is 3. The number of nitrogens with zero attached hydrogens (tertiary/aromatic N) is 1. The molecule has 1 aromatic carbocycles. The number of hydrogen-bond donors (Lipinski definition) is 2. The summed E-state index contributed by atoms with van der Waals surface area (Å²) in [5, 5.41) is 3.16. The number of benzene rings is 1. The van der Waals surface area contributed by atoms with E-state index in [1.807, 2.05) is 31.3 Å². The van der Waals surface area contributed by atoms with Crippen molar-refractivity contribution in [1.29, 1.82) is 0 Å². The van der Waals surface area contributed by atoms with Crippen molar-refractivity contribution in [2.75, 3.05) is 24.9 Å². The van der Waals surface area contributed by atoms with Crippen LogP contribution in [0.1, 0.15) is 38.3 Å². The summed E-state index contributed by atoms with van der Waals surface area (Å²) in [6, 6.07) is 7.76. The summed E-state index contributed by atoms with van der Waals surface area (Å²) in [6.07, 6.45) is 2.03. The molecule has 2 N–H and O–H groups in total. The van der Waals surface area contributed by atoms with Gasteiger partial charge < -0.3 is 5.32 Å². The van der Waals surface area contributed by atoms with Gasteiger partial charge in [-0.3, -0.25) is 4.72 Å². The van der Waals surface area contributed by atoms with Crippen molar-refractivity contribution in [3.63, 3.8) is 0 Å². The van der Waals surface area contributed by atoms with Gasteiger partial charge in [-0.05, 0) is 50.4 Å². The second kappa shape index (κ2) is 6.77. The molecular weight excluding hydrogens is 286 g/mol. The second-order valence-corrected chi connectivity index (χ2v) is 7.52. The maximum absolute atomic E-state index is 12.4. The summed E-state index contributed by atoms with van der Waals surface area (Å²) in [6.45, 7) is 5.36. The number of anilines is 1. The predicted molar refractivity (Wildman–Crippen MR) is 86.4 cm³/mol. The lowest BCUT2D eigenvalue weighted by atomic mass is 10.0. The minimum absolute atomic E-state index is 0.249. The van der Waals surface area contributed by atoms with E-state index in [4.69, 9.17) is 0 Å². The average molecular weight is 311 g/mol. The van der Waals surface area contributed by atoms with Crippen LogP contribution in [0, 0.1) is 5.92 Å². The minimum Gasteiger partial charge on any atom is -0.313 e. The number of piperidine rings is 1. The molecule has 0 radical (unpaired) electrons. The fourth-order valence-corrected chi connectivity index (χ4v) is 3.97. The Hall–Kier alpha value is -1.11. The van der Waals surface area contributed by atoms with E-state index in [9.17, 15) is 8.42 Å². The van der Waals surface area contributed by atoms with E-state index in [0.717, 1.165) is 18.4 Å². The van der Waals surface area contributed by atoms with Gasteiger partial charge in [0.05, 0.1) is 0 Å². The third-order valence-corrected chi connectivity index (χ3v) is 5.56. The molecule has 118 valence electrons. The van der Waals surface area contributed by atoms with E-state index in [-0.39, 0.29) is 6.04 Å². The lowest BCUT2D eigenvalue weighted by Gasteiger charge is -2.30. The Bertz CT molecular complexity index is 557. The Morgan fingerprint density at radius 2 is 1.95 bits per heavy atom. The molecule has 0 aliphatic carbocycles. The molecule has 1 heterocycles. The van der Waals surface area contributed by atoms with Crippen LogP contribution in [-0.2, 0) is 10.2 Å². The van der Waals surface area contributed by atoms with Crippen molar-refractivity contribution < 1.29 is 8.42 Å². The van der Waals surface area contributed by atoms with Gasteiger partial charge in [-0.25, -0.2) is 0 Å². The van der Waals surface area contributed by atoms with Crippen molar-refractivity contribution in [2.24, 2.45) is 5.92 Å². The lowest BCUT2D eigenvalue weighted by Crippen LogP contribution is -2.42. The lowest BCUT2D eigenvalue weighted by molar-refractivity contribution is 0.282. The van der Waals surface area contributed by atoms with Crippen LogP contribution in [0.3, 0.4) is 0 Å². The zero-order valence-electron chi connectivity index (χ0n) is 13.0. The normalized spacial score (nSPS) is 22.0. The quantitative estimate of drug-likeness (QED) is 0.877.